The van der Waals surface area contributed by atoms with Gasteiger partial charge in [0.2, 0.25) is 0 Å². The van der Waals surface area contributed by atoms with Crippen molar-refractivity contribution in [1.29, 1.82) is 0 Å². The van der Waals surface area contributed by atoms with E-state index in [4.69, 9.17) is 0 Å². The molecule has 0 aliphatic heterocycles. The second-order valence-electron chi connectivity index (χ2n) is 6.16. The maximum atomic E-state index is 13.0. The highest BCUT2D eigenvalue weighted by atomic mass is 19.4. The maximum Gasteiger partial charge on any atom is 0.416 e. The van der Waals surface area contributed by atoms with Crippen LogP contribution in [0.4, 0.5) is 28.9 Å². The van der Waals surface area contributed by atoms with Crippen LogP contribution in [-0.4, -0.2) is 0 Å². The van der Waals surface area contributed by atoms with E-state index in [9.17, 15) is 17.6 Å². The predicted octanol–water partition coefficient (Wildman–Crippen LogP) is 7.07. The van der Waals surface area contributed by atoms with Crippen LogP contribution >= 0.6 is 0 Å². The molecule has 0 bridgehead atoms. The van der Waals surface area contributed by atoms with Crippen LogP contribution in [0.3, 0.4) is 0 Å². The number of hydrogen-bond donors (Lipinski definition) is 1. The third kappa shape index (κ3) is 4.97. The van der Waals surface area contributed by atoms with Gasteiger partial charge in [0.25, 0.3) is 0 Å². The molecular weight excluding hydrogens is 354 g/mol. The summed E-state index contributed by atoms with van der Waals surface area (Å²) in [4.78, 5) is 0. The number of anilines is 2. The molecular formula is C22H17F4N. The van der Waals surface area contributed by atoms with E-state index in [1.54, 1.807) is 18.2 Å². The topological polar surface area (TPSA) is 12.0 Å². The van der Waals surface area contributed by atoms with Crippen LogP contribution in [0.2, 0.25) is 0 Å². The summed E-state index contributed by atoms with van der Waals surface area (Å²) in [6.45, 7) is 1.95. The number of nitrogens with one attached hydrogen (secondary N) is 1. The van der Waals surface area contributed by atoms with Crippen molar-refractivity contribution in [3.63, 3.8) is 0 Å². The van der Waals surface area contributed by atoms with Gasteiger partial charge in [-0.25, -0.2) is 4.39 Å². The van der Waals surface area contributed by atoms with Crippen molar-refractivity contribution in [3.05, 3.63) is 94.8 Å². The molecule has 0 aliphatic carbocycles. The smallest absolute Gasteiger partial charge is 0.355 e. The second-order valence-corrected chi connectivity index (χ2v) is 6.16. The lowest BCUT2D eigenvalue weighted by Gasteiger charge is -2.10. The van der Waals surface area contributed by atoms with Crippen LogP contribution in [0, 0.1) is 12.7 Å². The van der Waals surface area contributed by atoms with E-state index < -0.39 is 11.7 Å². The monoisotopic (exact) mass is 371 g/mol. The predicted molar refractivity (Wildman–Crippen MR) is 101 cm³/mol. The summed E-state index contributed by atoms with van der Waals surface area (Å²) in [6, 6.07) is 16.9. The summed E-state index contributed by atoms with van der Waals surface area (Å²) >= 11 is 0. The Balaban J connectivity index is 1.77. The Hall–Kier alpha value is -3.08. The minimum atomic E-state index is -4.33. The average Bonchev–Trinajstić information content (AvgIpc) is 2.64. The van der Waals surface area contributed by atoms with E-state index in [2.05, 4.69) is 5.32 Å². The van der Waals surface area contributed by atoms with Crippen LogP contribution in [0.1, 0.15) is 22.3 Å². The Bertz CT molecular complexity index is 940. The highest BCUT2D eigenvalue weighted by Crippen LogP contribution is 2.29. The zero-order valence-electron chi connectivity index (χ0n) is 14.5. The molecule has 0 spiro atoms. The average molecular weight is 371 g/mol. The summed E-state index contributed by atoms with van der Waals surface area (Å²) < 4.78 is 50.8. The molecule has 1 N–H and O–H groups in total. The molecule has 0 unspecified atom stereocenters. The van der Waals surface area contributed by atoms with Crippen molar-refractivity contribution in [3.8, 4) is 0 Å². The van der Waals surface area contributed by atoms with Gasteiger partial charge in [0.1, 0.15) is 5.82 Å². The molecule has 0 fully saturated rings. The van der Waals surface area contributed by atoms with Gasteiger partial charge in [-0.3, -0.25) is 0 Å². The van der Waals surface area contributed by atoms with Gasteiger partial charge >= 0.3 is 6.18 Å². The molecule has 0 aliphatic rings. The number of rotatable bonds is 4. The van der Waals surface area contributed by atoms with Crippen LogP contribution in [0.15, 0.2) is 66.7 Å². The van der Waals surface area contributed by atoms with E-state index in [-0.39, 0.29) is 5.82 Å². The first-order valence-electron chi connectivity index (χ1n) is 8.30. The molecule has 138 valence electrons. The fourth-order valence-electron chi connectivity index (χ4n) is 2.54. The van der Waals surface area contributed by atoms with Crippen LogP contribution in [0.25, 0.3) is 12.2 Å². The van der Waals surface area contributed by atoms with Crippen molar-refractivity contribution >= 4 is 23.5 Å². The van der Waals surface area contributed by atoms with Crippen molar-refractivity contribution in [1.82, 2.24) is 0 Å². The van der Waals surface area contributed by atoms with Gasteiger partial charge in [0, 0.05) is 11.4 Å². The van der Waals surface area contributed by atoms with Crippen LogP contribution in [0.5, 0.6) is 0 Å². The normalized spacial score (nSPS) is 11.7. The molecule has 0 aromatic heterocycles. The van der Waals surface area contributed by atoms with Crippen molar-refractivity contribution in [2.24, 2.45) is 0 Å². The molecule has 0 heterocycles. The molecule has 0 saturated carbocycles. The minimum absolute atomic E-state index is 0.300. The van der Waals surface area contributed by atoms with Crippen molar-refractivity contribution < 1.29 is 17.6 Å². The minimum Gasteiger partial charge on any atom is -0.355 e. The van der Waals surface area contributed by atoms with Gasteiger partial charge in [-0.05, 0) is 66.1 Å². The standard InChI is InChI=1S/C22H17F4N/c1-15-2-3-17(14-21(15)27-20-12-10-19(23)11-13-20)5-4-16-6-8-18(9-7-16)22(24,25)26/h2-14,27H,1H3/b5-4+. The van der Waals surface area contributed by atoms with Gasteiger partial charge in [-0.1, -0.05) is 36.4 Å². The number of aryl methyl sites for hydroxylation is 1. The third-order valence-electron chi connectivity index (χ3n) is 4.09. The number of hydrogen-bond acceptors (Lipinski definition) is 1. The van der Waals surface area contributed by atoms with Crippen molar-refractivity contribution in [2.45, 2.75) is 13.1 Å². The van der Waals surface area contributed by atoms with E-state index in [1.807, 2.05) is 31.2 Å². The van der Waals surface area contributed by atoms with Crippen LogP contribution < -0.4 is 5.32 Å². The Kier molecular flexibility index (Phi) is 5.31. The lowest BCUT2D eigenvalue weighted by Crippen LogP contribution is -2.03. The number of benzene rings is 3. The summed E-state index contributed by atoms with van der Waals surface area (Å²) in [5.74, 6) is -0.300. The quantitative estimate of drug-likeness (QED) is 0.382. The Morgan fingerprint density at radius 2 is 1.37 bits per heavy atom. The van der Waals surface area contributed by atoms with Gasteiger partial charge < -0.3 is 5.32 Å². The molecule has 0 atom stereocenters. The van der Waals surface area contributed by atoms with E-state index in [1.165, 1.54) is 24.3 Å². The highest BCUT2D eigenvalue weighted by Gasteiger charge is 2.29. The first kappa shape index (κ1) is 18.7. The molecule has 3 rings (SSSR count). The fraction of sp³-hybridized carbons (Fsp3) is 0.0909. The largest absolute Gasteiger partial charge is 0.416 e. The molecule has 3 aromatic carbocycles. The van der Waals surface area contributed by atoms with E-state index >= 15 is 0 Å². The first-order chi connectivity index (χ1) is 12.8. The molecule has 1 nitrogen and oxygen atoms in total. The summed E-state index contributed by atoms with van der Waals surface area (Å²) in [7, 11) is 0. The number of halogens is 4. The molecule has 0 amide bonds. The molecule has 3 aromatic rings. The van der Waals surface area contributed by atoms with Crippen molar-refractivity contribution in [2.75, 3.05) is 5.32 Å². The van der Waals surface area contributed by atoms with Gasteiger partial charge in [-0.2, -0.15) is 13.2 Å². The lowest BCUT2D eigenvalue weighted by molar-refractivity contribution is -0.137. The second kappa shape index (κ2) is 7.66. The van der Waals surface area contributed by atoms with Gasteiger partial charge in [0.05, 0.1) is 5.56 Å². The molecule has 27 heavy (non-hydrogen) atoms. The first-order valence-corrected chi connectivity index (χ1v) is 8.30. The third-order valence-corrected chi connectivity index (χ3v) is 4.09. The summed E-state index contributed by atoms with van der Waals surface area (Å²) in [5, 5.41) is 3.24. The van der Waals surface area contributed by atoms with E-state index in [0.717, 1.165) is 34.6 Å². The molecule has 0 saturated heterocycles. The molecule has 0 radical (unpaired) electrons. The lowest BCUT2D eigenvalue weighted by atomic mass is 10.1. The summed E-state index contributed by atoms with van der Waals surface area (Å²) in [6.07, 6.45) is -0.746. The Morgan fingerprint density at radius 1 is 0.778 bits per heavy atom. The zero-order valence-corrected chi connectivity index (χ0v) is 14.5. The molecule has 5 heteroatoms. The fourth-order valence-corrected chi connectivity index (χ4v) is 2.54. The Labute approximate surface area is 155 Å². The maximum absolute atomic E-state index is 13.0. The summed E-state index contributed by atoms with van der Waals surface area (Å²) in [5.41, 5.74) is 3.56. The zero-order chi connectivity index (χ0) is 19.4. The van der Waals surface area contributed by atoms with Crippen LogP contribution in [-0.2, 0) is 6.18 Å². The van der Waals surface area contributed by atoms with E-state index in [0.29, 0.717) is 5.56 Å². The van der Waals surface area contributed by atoms with Gasteiger partial charge in [0.15, 0.2) is 0 Å². The Morgan fingerprint density at radius 3 is 2.00 bits per heavy atom. The number of alkyl halides is 3. The SMILES string of the molecule is Cc1ccc(/C=C/c2ccc(C(F)(F)F)cc2)cc1Nc1ccc(F)cc1. The van der Waals surface area contributed by atoms with Gasteiger partial charge in [-0.15, -0.1) is 0 Å². The highest BCUT2D eigenvalue weighted by molar-refractivity contribution is 5.73.